The van der Waals surface area contributed by atoms with Crippen molar-refractivity contribution in [3.05, 3.63) is 0 Å². The average molecular weight is 483 g/mol. The molecule has 1 aliphatic rings. The Balaban J connectivity index is 0.00000625. The number of likely N-dealkylation sites (tertiary alicyclic amines) is 1. The number of nitrogens with one attached hydrogen (secondary N) is 3. The highest BCUT2D eigenvalue weighted by molar-refractivity contribution is 14.0. The fourth-order valence-corrected chi connectivity index (χ4v) is 2.66. The number of rotatable bonds is 6. The lowest BCUT2D eigenvalue weighted by atomic mass is 10.1. The normalized spacial score (nSPS) is 16.5. The zero-order valence-corrected chi connectivity index (χ0v) is 19.6. The second-order valence-corrected chi connectivity index (χ2v) is 8.27. The number of alkyl carbamates (subject to hydrolysis) is 1. The molecule has 154 valence electrons. The van der Waals surface area contributed by atoms with Crippen LogP contribution < -0.4 is 16.0 Å². The van der Waals surface area contributed by atoms with E-state index in [1.165, 1.54) is 32.4 Å². The third kappa shape index (κ3) is 11.8. The molecule has 0 aromatic carbocycles. The van der Waals surface area contributed by atoms with Gasteiger partial charge in [0.05, 0.1) is 5.54 Å². The Bertz CT molecular complexity index is 443. The minimum atomic E-state index is -0.500. The molecule has 0 spiro atoms. The first-order chi connectivity index (χ1) is 11.6. The van der Waals surface area contributed by atoms with Crippen molar-refractivity contribution in [3.63, 3.8) is 0 Å². The molecule has 0 radical (unpaired) electrons. The van der Waals surface area contributed by atoms with Crippen molar-refractivity contribution in [2.45, 2.75) is 65.0 Å². The van der Waals surface area contributed by atoms with Gasteiger partial charge in [-0.3, -0.25) is 4.99 Å². The van der Waals surface area contributed by atoms with Crippen molar-refractivity contribution in [3.8, 4) is 0 Å². The van der Waals surface area contributed by atoms with Crippen LogP contribution in [-0.2, 0) is 4.74 Å². The maximum atomic E-state index is 11.9. The Kier molecular flexibility index (Phi) is 11.5. The summed E-state index contributed by atoms with van der Waals surface area (Å²) in [7, 11) is 1.75. The lowest BCUT2D eigenvalue weighted by Gasteiger charge is -2.30. The maximum Gasteiger partial charge on any atom is 0.408 e. The quantitative estimate of drug-likeness (QED) is 0.308. The molecular formula is C18H38IN5O2. The van der Waals surface area contributed by atoms with E-state index in [9.17, 15) is 4.79 Å². The summed E-state index contributed by atoms with van der Waals surface area (Å²) in [5.41, 5.74) is -0.952. The van der Waals surface area contributed by atoms with E-state index in [0.29, 0.717) is 6.54 Å². The van der Waals surface area contributed by atoms with E-state index >= 15 is 0 Å². The predicted octanol–water partition coefficient (Wildman–Crippen LogP) is 2.56. The van der Waals surface area contributed by atoms with E-state index in [1.54, 1.807) is 7.05 Å². The van der Waals surface area contributed by atoms with Gasteiger partial charge in [0.1, 0.15) is 5.60 Å². The second-order valence-electron chi connectivity index (χ2n) is 8.27. The van der Waals surface area contributed by atoms with Gasteiger partial charge in [-0.15, -0.1) is 24.0 Å². The van der Waals surface area contributed by atoms with Crippen LogP contribution in [0.5, 0.6) is 0 Å². The molecule has 1 fully saturated rings. The number of guanidine groups is 1. The van der Waals surface area contributed by atoms with Crippen molar-refractivity contribution < 1.29 is 9.53 Å². The predicted molar refractivity (Wildman–Crippen MR) is 119 cm³/mol. The molecule has 3 N–H and O–H groups in total. The SMILES string of the molecule is CN=C(NCCN1CCCCC1)NCC(C)(C)NC(=O)OC(C)(C)C.I. The summed E-state index contributed by atoms with van der Waals surface area (Å²) in [6.07, 6.45) is 3.55. The van der Waals surface area contributed by atoms with Crippen molar-refractivity contribution >= 4 is 36.0 Å². The number of ether oxygens (including phenoxy) is 1. The van der Waals surface area contributed by atoms with E-state index in [1.807, 2.05) is 34.6 Å². The number of carbonyl (C=O) groups excluding carboxylic acids is 1. The summed E-state index contributed by atoms with van der Waals surface area (Å²) in [4.78, 5) is 18.7. The Morgan fingerprint density at radius 2 is 1.69 bits per heavy atom. The van der Waals surface area contributed by atoms with Gasteiger partial charge in [0, 0.05) is 26.7 Å². The summed E-state index contributed by atoms with van der Waals surface area (Å²) in [6, 6.07) is 0. The molecule has 0 unspecified atom stereocenters. The van der Waals surface area contributed by atoms with Crippen LogP contribution in [0, 0.1) is 0 Å². The number of aliphatic imine (C=N–C) groups is 1. The van der Waals surface area contributed by atoms with Gasteiger partial charge in [-0.1, -0.05) is 6.42 Å². The Morgan fingerprint density at radius 3 is 2.23 bits per heavy atom. The first-order valence-corrected chi connectivity index (χ1v) is 9.29. The van der Waals surface area contributed by atoms with Crippen molar-refractivity contribution in [2.75, 3.05) is 39.8 Å². The molecule has 0 aromatic heterocycles. The topological polar surface area (TPSA) is 78.0 Å². The molecule has 8 heteroatoms. The van der Waals surface area contributed by atoms with Crippen molar-refractivity contribution in [1.82, 2.24) is 20.9 Å². The molecule has 1 amide bonds. The van der Waals surface area contributed by atoms with Crippen LogP contribution in [-0.4, -0.2) is 67.9 Å². The minimum absolute atomic E-state index is 0. The third-order valence-electron chi connectivity index (χ3n) is 3.93. The molecule has 1 saturated heterocycles. The molecule has 0 saturated carbocycles. The average Bonchev–Trinajstić information content (AvgIpc) is 2.49. The van der Waals surface area contributed by atoms with E-state index in [0.717, 1.165) is 19.0 Å². The standard InChI is InChI=1S/C18H37N5O2.HI/c1-17(2,3)25-16(24)22-18(4,5)14-21-15(19-6)20-10-13-23-11-8-7-9-12-23;/h7-14H2,1-6H3,(H,22,24)(H2,19,20,21);1H. The van der Waals surface area contributed by atoms with Gasteiger partial charge in [-0.25, -0.2) is 4.79 Å². The smallest absolute Gasteiger partial charge is 0.408 e. The Labute approximate surface area is 176 Å². The number of nitrogens with zero attached hydrogens (tertiary/aromatic N) is 2. The van der Waals surface area contributed by atoms with Gasteiger partial charge < -0.3 is 25.6 Å². The number of hydrogen-bond donors (Lipinski definition) is 3. The van der Waals surface area contributed by atoms with Crippen LogP contribution in [0.3, 0.4) is 0 Å². The molecule has 1 heterocycles. The van der Waals surface area contributed by atoms with E-state index in [-0.39, 0.29) is 24.0 Å². The minimum Gasteiger partial charge on any atom is -0.444 e. The number of carbonyl (C=O) groups is 1. The number of piperidine rings is 1. The Morgan fingerprint density at radius 1 is 1.08 bits per heavy atom. The van der Waals surface area contributed by atoms with Gasteiger partial charge in [0.2, 0.25) is 0 Å². The van der Waals surface area contributed by atoms with Crippen molar-refractivity contribution in [2.24, 2.45) is 4.99 Å². The van der Waals surface area contributed by atoms with Gasteiger partial charge in [0.15, 0.2) is 5.96 Å². The molecule has 0 atom stereocenters. The zero-order chi connectivity index (χ0) is 18.9. The van der Waals surface area contributed by atoms with Crippen LogP contribution in [0.25, 0.3) is 0 Å². The summed E-state index contributed by atoms with van der Waals surface area (Å²) in [5.74, 6) is 0.746. The first-order valence-electron chi connectivity index (χ1n) is 9.29. The summed E-state index contributed by atoms with van der Waals surface area (Å²) in [6.45, 7) is 14.3. The zero-order valence-electron chi connectivity index (χ0n) is 17.3. The second kappa shape index (κ2) is 11.8. The highest BCUT2D eigenvalue weighted by Crippen LogP contribution is 2.09. The lowest BCUT2D eigenvalue weighted by Crippen LogP contribution is -2.54. The molecular weight excluding hydrogens is 445 g/mol. The van der Waals surface area contributed by atoms with Gasteiger partial charge in [0.25, 0.3) is 0 Å². The number of amides is 1. The Hall–Kier alpha value is -0.770. The van der Waals surface area contributed by atoms with E-state index in [2.05, 4.69) is 25.8 Å². The van der Waals surface area contributed by atoms with Crippen LogP contribution in [0.1, 0.15) is 53.9 Å². The van der Waals surface area contributed by atoms with Crippen molar-refractivity contribution in [1.29, 1.82) is 0 Å². The van der Waals surface area contributed by atoms with Crippen LogP contribution >= 0.6 is 24.0 Å². The van der Waals surface area contributed by atoms with Crippen LogP contribution in [0.4, 0.5) is 4.79 Å². The molecule has 1 rings (SSSR count). The highest BCUT2D eigenvalue weighted by Gasteiger charge is 2.24. The van der Waals surface area contributed by atoms with Gasteiger partial charge in [-0.2, -0.15) is 0 Å². The highest BCUT2D eigenvalue weighted by atomic mass is 127. The van der Waals surface area contributed by atoms with Crippen LogP contribution in [0.2, 0.25) is 0 Å². The summed E-state index contributed by atoms with van der Waals surface area (Å²) in [5, 5.41) is 9.49. The van der Waals surface area contributed by atoms with Gasteiger partial charge >= 0.3 is 6.09 Å². The van der Waals surface area contributed by atoms with Gasteiger partial charge in [-0.05, 0) is 60.5 Å². The first kappa shape index (κ1) is 25.2. The fourth-order valence-electron chi connectivity index (χ4n) is 2.66. The number of halogens is 1. The maximum absolute atomic E-state index is 11.9. The lowest BCUT2D eigenvalue weighted by molar-refractivity contribution is 0.0474. The van der Waals surface area contributed by atoms with E-state index in [4.69, 9.17) is 4.74 Å². The molecule has 0 aromatic rings. The molecule has 0 aliphatic carbocycles. The summed E-state index contributed by atoms with van der Waals surface area (Å²) < 4.78 is 5.31. The van der Waals surface area contributed by atoms with Crippen LogP contribution in [0.15, 0.2) is 4.99 Å². The third-order valence-corrected chi connectivity index (χ3v) is 3.93. The molecule has 26 heavy (non-hydrogen) atoms. The summed E-state index contributed by atoms with van der Waals surface area (Å²) >= 11 is 0. The molecule has 1 aliphatic heterocycles. The monoisotopic (exact) mass is 483 g/mol. The number of hydrogen-bond acceptors (Lipinski definition) is 4. The van der Waals surface area contributed by atoms with E-state index < -0.39 is 17.2 Å². The molecule has 7 nitrogen and oxygen atoms in total. The largest absolute Gasteiger partial charge is 0.444 e. The fraction of sp³-hybridized carbons (Fsp3) is 0.889. The molecule has 0 bridgehead atoms.